The first kappa shape index (κ1) is 4.38. The van der Waals surface area contributed by atoms with Crippen LogP contribution in [0.4, 0.5) is 0 Å². The highest BCUT2D eigenvalue weighted by Gasteiger charge is 1.90. The van der Waals surface area contributed by atoms with Gasteiger partial charge in [0.15, 0.2) is 0 Å². The summed E-state index contributed by atoms with van der Waals surface area (Å²) >= 11 is 0. The van der Waals surface area contributed by atoms with Crippen molar-refractivity contribution in [3.8, 4) is 0 Å². The van der Waals surface area contributed by atoms with Gasteiger partial charge in [-0.25, -0.2) is 0 Å². The zero-order valence-corrected chi connectivity index (χ0v) is 4.44. The van der Waals surface area contributed by atoms with Gasteiger partial charge in [0.05, 0.1) is 0 Å². The van der Waals surface area contributed by atoms with E-state index < -0.39 is 0 Å². The molecule has 0 aromatic carbocycles. The fourth-order valence-electron chi connectivity index (χ4n) is 0.627. The molecule has 1 rings (SSSR count). The molecule has 0 unspecified atom stereocenters. The molecule has 0 nitrogen and oxygen atoms in total. The van der Waals surface area contributed by atoms with Gasteiger partial charge in [-0.15, -0.1) is 0 Å². The lowest BCUT2D eigenvalue weighted by Gasteiger charge is -1.75. The van der Waals surface area contributed by atoms with Gasteiger partial charge in [-0.3, -0.25) is 0 Å². The van der Waals surface area contributed by atoms with Crippen molar-refractivity contribution in [2.45, 2.75) is 6.92 Å². The van der Waals surface area contributed by atoms with Gasteiger partial charge < -0.3 is 0 Å². The summed E-state index contributed by atoms with van der Waals surface area (Å²) < 4.78 is 0. The van der Waals surface area contributed by atoms with Crippen LogP contribution in [0.2, 0.25) is 0 Å². The molecular formula is C7H8. The van der Waals surface area contributed by atoms with Gasteiger partial charge in [-0.05, 0) is 12.5 Å². The molecule has 0 spiro atoms. The Balaban J connectivity index is 2.88. The maximum atomic E-state index is 3.74. The van der Waals surface area contributed by atoms with Crippen LogP contribution < -0.4 is 0 Å². The van der Waals surface area contributed by atoms with E-state index in [1.807, 2.05) is 6.08 Å². The van der Waals surface area contributed by atoms with Gasteiger partial charge in [-0.2, -0.15) is 0 Å². The smallest absolute Gasteiger partial charge is 0.0326 e. The summed E-state index contributed by atoms with van der Waals surface area (Å²) in [7, 11) is 0. The summed E-state index contributed by atoms with van der Waals surface area (Å²) in [5, 5.41) is 0. The molecule has 0 heterocycles. The van der Waals surface area contributed by atoms with Crippen molar-refractivity contribution >= 4 is 0 Å². The Labute approximate surface area is 43.9 Å². The molecule has 0 aromatic heterocycles. The van der Waals surface area contributed by atoms with Gasteiger partial charge in [0.2, 0.25) is 0 Å². The zero-order valence-electron chi connectivity index (χ0n) is 4.44. The van der Waals surface area contributed by atoms with Gasteiger partial charge in [-0.1, -0.05) is 30.4 Å². The molecule has 0 heteroatoms. The predicted molar refractivity (Wildman–Crippen MR) is 32.0 cm³/mol. The normalized spacial score (nSPS) is 17.9. The topological polar surface area (TPSA) is 0 Å². The summed E-state index contributed by atoms with van der Waals surface area (Å²) in [6.45, 7) is 5.81. The van der Waals surface area contributed by atoms with Crippen molar-refractivity contribution in [3.05, 3.63) is 36.0 Å². The molecule has 0 N–H and O–H groups in total. The van der Waals surface area contributed by atoms with E-state index in [1.54, 1.807) is 0 Å². The Kier molecular flexibility index (Phi) is 0.861. The molecule has 0 atom stereocenters. The Morgan fingerprint density at radius 2 is 2.14 bits per heavy atom. The molecule has 1 aliphatic carbocycles. The van der Waals surface area contributed by atoms with E-state index in [0.717, 1.165) is 5.57 Å². The molecule has 0 aliphatic heterocycles. The minimum atomic E-state index is 1.11. The quantitative estimate of drug-likeness (QED) is 0.429. The monoisotopic (exact) mass is 92.1 g/mol. The third-order valence-corrected chi connectivity index (χ3v) is 0.973. The Morgan fingerprint density at radius 1 is 1.43 bits per heavy atom. The Hall–Kier alpha value is -0.780. The minimum absolute atomic E-state index is 1.11. The molecule has 7 heavy (non-hydrogen) atoms. The van der Waals surface area contributed by atoms with Crippen LogP contribution in [-0.2, 0) is 0 Å². The standard InChI is InChI=1S/C7H8/c1-6-3-4-7(2)5-6/h3-5H,1H2,2H3. The van der Waals surface area contributed by atoms with E-state index >= 15 is 0 Å². The first-order chi connectivity index (χ1) is 3.29. The minimum Gasteiger partial charge on any atom is -0.0918 e. The van der Waals surface area contributed by atoms with E-state index in [0.29, 0.717) is 0 Å². The van der Waals surface area contributed by atoms with Gasteiger partial charge in [0.25, 0.3) is 0 Å². The lowest BCUT2D eigenvalue weighted by Crippen LogP contribution is -1.55. The second-order valence-electron chi connectivity index (χ2n) is 1.80. The third kappa shape index (κ3) is 0.801. The second-order valence-corrected chi connectivity index (χ2v) is 1.80. The highest BCUT2D eigenvalue weighted by molar-refractivity contribution is 5.42. The summed E-state index contributed by atoms with van der Waals surface area (Å²) in [4.78, 5) is 0. The summed E-state index contributed by atoms with van der Waals surface area (Å²) in [6.07, 6.45) is 6.12. The summed E-state index contributed by atoms with van der Waals surface area (Å²) in [5.41, 5.74) is 2.41. The van der Waals surface area contributed by atoms with E-state index in [2.05, 4.69) is 25.7 Å². The summed E-state index contributed by atoms with van der Waals surface area (Å²) in [6, 6.07) is 0. The number of rotatable bonds is 0. The van der Waals surface area contributed by atoms with Crippen molar-refractivity contribution in [1.29, 1.82) is 0 Å². The average Bonchev–Trinajstić information content (AvgIpc) is 1.87. The zero-order chi connectivity index (χ0) is 5.28. The maximum absolute atomic E-state index is 3.74. The average molecular weight is 92.1 g/mol. The number of allylic oxidation sites excluding steroid dienone is 5. The molecule has 0 amide bonds. The van der Waals surface area contributed by atoms with E-state index in [9.17, 15) is 0 Å². The predicted octanol–water partition coefficient (Wildman–Crippen LogP) is 2.06. The van der Waals surface area contributed by atoms with Crippen molar-refractivity contribution in [2.75, 3.05) is 0 Å². The van der Waals surface area contributed by atoms with Crippen molar-refractivity contribution < 1.29 is 0 Å². The molecule has 1 aliphatic rings. The van der Waals surface area contributed by atoms with E-state index in [4.69, 9.17) is 0 Å². The van der Waals surface area contributed by atoms with E-state index in [1.165, 1.54) is 5.57 Å². The second kappa shape index (κ2) is 1.38. The lowest BCUT2D eigenvalue weighted by molar-refractivity contribution is 1.56. The van der Waals surface area contributed by atoms with Crippen LogP contribution in [-0.4, -0.2) is 0 Å². The maximum Gasteiger partial charge on any atom is -0.0326 e. The fraction of sp³-hybridized carbons (Fsp3) is 0.143. The first-order valence-corrected chi connectivity index (χ1v) is 2.34. The van der Waals surface area contributed by atoms with Crippen LogP contribution in [0.25, 0.3) is 0 Å². The highest BCUT2D eigenvalue weighted by atomic mass is 14.0. The Morgan fingerprint density at radius 3 is 2.29 bits per heavy atom. The largest absolute Gasteiger partial charge is 0.0918 e. The number of hydrogen-bond donors (Lipinski definition) is 0. The van der Waals surface area contributed by atoms with Crippen LogP contribution in [0.5, 0.6) is 0 Å². The van der Waals surface area contributed by atoms with Crippen LogP contribution in [0.3, 0.4) is 0 Å². The molecule has 0 radical (unpaired) electrons. The molecular weight excluding hydrogens is 84.1 g/mol. The molecule has 0 saturated heterocycles. The SMILES string of the molecule is C=C1C=CC(C)=C1. The Bertz CT molecular complexity index is 147. The molecule has 0 aromatic rings. The van der Waals surface area contributed by atoms with Crippen molar-refractivity contribution in [3.63, 3.8) is 0 Å². The van der Waals surface area contributed by atoms with Gasteiger partial charge in [0, 0.05) is 0 Å². The van der Waals surface area contributed by atoms with Crippen LogP contribution >= 0.6 is 0 Å². The van der Waals surface area contributed by atoms with Gasteiger partial charge >= 0.3 is 0 Å². The van der Waals surface area contributed by atoms with Crippen molar-refractivity contribution in [1.82, 2.24) is 0 Å². The molecule has 0 saturated carbocycles. The van der Waals surface area contributed by atoms with Gasteiger partial charge in [0.1, 0.15) is 0 Å². The van der Waals surface area contributed by atoms with Crippen LogP contribution in [0, 0.1) is 0 Å². The van der Waals surface area contributed by atoms with Crippen molar-refractivity contribution in [2.24, 2.45) is 0 Å². The molecule has 0 bridgehead atoms. The fourth-order valence-corrected chi connectivity index (χ4v) is 0.627. The lowest BCUT2D eigenvalue weighted by atomic mass is 10.3. The highest BCUT2D eigenvalue weighted by Crippen LogP contribution is 2.10. The molecule has 0 fully saturated rings. The van der Waals surface area contributed by atoms with Crippen LogP contribution in [0.15, 0.2) is 36.0 Å². The molecule has 36 valence electrons. The van der Waals surface area contributed by atoms with Crippen LogP contribution in [0.1, 0.15) is 6.92 Å². The van der Waals surface area contributed by atoms with E-state index in [-0.39, 0.29) is 0 Å². The number of hydrogen-bond acceptors (Lipinski definition) is 0. The first-order valence-electron chi connectivity index (χ1n) is 2.34. The third-order valence-electron chi connectivity index (χ3n) is 0.973. The summed E-state index contributed by atoms with van der Waals surface area (Å²) in [5.74, 6) is 0.